The lowest BCUT2D eigenvalue weighted by Gasteiger charge is -2.35. The van der Waals surface area contributed by atoms with Gasteiger partial charge in [-0.05, 0) is 23.8 Å². The van der Waals surface area contributed by atoms with Gasteiger partial charge in [0.1, 0.15) is 11.5 Å². The number of carbonyl (C=O) groups is 1. The van der Waals surface area contributed by atoms with Crippen LogP contribution in [0.5, 0.6) is 0 Å². The maximum atomic E-state index is 13.7. The van der Waals surface area contributed by atoms with Crippen LogP contribution in [0, 0.1) is 15.9 Å². The second kappa shape index (κ2) is 8.27. The van der Waals surface area contributed by atoms with Crippen LogP contribution in [0.4, 0.5) is 28.9 Å². The Balaban J connectivity index is 1.63. The highest BCUT2D eigenvalue weighted by Gasteiger charge is 2.30. The van der Waals surface area contributed by atoms with Gasteiger partial charge in [-0.25, -0.2) is 4.39 Å². The zero-order valence-corrected chi connectivity index (χ0v) is 15.7. The van der Waals surface area contributed by atoms with E-state index in [1.54, 1.807) is 0 Å². The third-order valence-electron chi connectivity index (χ3n) is 4.90. The van der Waals surface area contributed by atoms with Gasteiger partial charge in [0, 0.05) is 32.7 Å². The largest absolute Gasteiger partial charge is 0.416 e. The van der Waals surface area contributed by atoms with Crippen LogP contribution in [0.1, 0.15) is 21.5 Å². The van der Waals surface area contributed by atoms with E-state index < -0.39 is 39.8 Å². The highest BCUT2D eigenvalue weighted by atomic mass is 19.4. The van der Waals surface area contributed by atoms with Crippen LogP contribution in [-0.2, 0) is 12.7 Å². The standard InChI is InChI=1S/C19H18F4N4O3/c20-14-9-15(17(24)16(10-14)27(29)30)18(28)26-7-5-25(6-8-26)11-12-1-3-13(4-2-12)19(21,22)23/h1-4,9-10H,5-8,11,24H2. The summed E-state index contributed by atoms with van der Waals surface area (Å²) in [4.78, 5) is 26.2. The Morgan fingerprint density at radius 3 is 2.23 bits per heavy atom. The number of anilines is 1. The topological polar surface area (TPSA) is 92.7 Å². The van der Waals surface area contributed by atoms with Crippen molar-refractivity contribution in [3.8, 4) is 0 Å². The molecule has 2 N–H and O–H groups in total. The molecule has 2 aromatic carbocycles. The smallest absolute Gasteiger partial charge is 0.393 e. The number of nitrogens with zero attached hydrogens (tertiary/aromatic N) is 3. The van der Waals surface area contributed by atoms with E-state index in [1.807, 2.05) is 4.90 Å². The molecule has 0 atom stereocenters. The minimum atomic E-state index is -4.39. The monoisotopic (exact) mass is 426 g/mol. The van der Waals surface area contributed by atoms with Crippen LogP contribution < -0.4 is 5.73 Å². The van der Waals surface area contributed by atoms with Crippen LogP contribution in [0.3, 0.4) is 0 Å². The molecule has 1 aliphatic rings. The fourth-order valence-corrected chi connectivity index (χ4v) is 3.27. The lowest BCUT2D eigenvalue weighted by Crippen LogP contribution is -2.48. The predicted octanol–water partition coefficient (Wildman–Crippen LogP) is 3.29. The minimum Gasteiger partial charge on any atom is -0.393 e. The number of nitrogens with two attached hydrogens (primary N) is 1. The van der Waals surface area contributed by atoms with Gasteiger partial charge in [-0.1, -0.05) is 12.1 Å². The van der Waals surface area contributed by atoms with Gasteiger partial charge < -0.3 is 10.6 Å². The van der Waals surface area contributed by atoms with Gasteiger partial charge in [-0.3, -0.25) is 19.8 Å². The summed E-state index contributed by atoms with van der Waals surface area (Å²) in [7, 11) is 0. The number of rotatable bonds is 4. The van der Waals surface area contributed by atoms with Crippen molar-refractivity contribution >= 4 is 17.3 Å². The molecule has 1 fully saturated rings. The Labute approximate surface area is 168 Å². The van der Waals surface area contributed by atoms with Crippen molar-refractivity contribution in [2.24, 2.45) is 0 Å². The predicted molar refractivity (Wildman–Crippen MR) is 100 cm³/mol. The Hall–Kier alpha value is -3.21. The number of carbonyl (C=O) groups excluding carboxylic acids is 1. The lowest BCUT2D eigenvalue weighted by atomic mass is 10.1. The van der Waals surface area contributed by atoms with E-state index in [4.69, 9.17) is 5.73 Å². The second-order valence-electron chi connectivity index (χ2n) is 6.91. The molecule has 160 valence electrons. The molecule has 1 heterocycles. The van der Waals surface area contributed by atoms with Crippen molar-refractivity contribution in [2.45, 2.75) is 12.7 Å². The fraction of sp³-hybridized carbons (Fsp3) is 0.316. The molecule has 2 aromatic rings. The highest BCUT2D eigenvalue weighted by molar-refractivity contribution is 6.01. The van der Waals surface area contributed by atoms with E-state index in [1.165, 1.54) is 17.0 Å². The third-order valence-corrected chi connectivity index (χ3v) is 4.90. The normalized spacial score (nSPS) is 15.3. The molecule has 1 saturated heterocycles. The minimum absolute atomic E-state index is 0.266. The van der Waals surface area contributed by atoms with Crippen LogP contribution in [0.25, 0.3) is 0 Å². The Kier molecular flexibility index (Phi) is 5.92. The summed E-state index contributed by atoms with van der Waals surface area (Å²) in [5.74, 6) is -1.54. The molecule has 0 aliphatic carbocycles. The molecule has 30 heavy (non-hydrogen) atoms. The molecule has 0 bridgehead atoms. The number of alkyl halides is 3. The van der Waals surface area contributed by atoms with Crippen molar-refractivity contribution in [3.63, 3.8) is 0 Å². The molecular formula is C19H18F4N4O3. The molecule has 1 aliphatic heterocycles. The van der Waals surface area contributed by atoms with Crippen LogP contribution in [-0.4, -0.2) is 46.8 Å². The van der Waals surface area contributed by atoms with E-state index >= 15 is 0 Å². The number of hydrogen-bond acceptors (Lipinski definition) is 5. The van der Waals surface area contributed by atoms with Crippen molar-refractivity contribution in [1.82, 2.24) is 9.80 Å². The summed E-state index contributed by atoms with van der Waals surface area (Å²) in [6.07, 6.45) is -4.39. The van der Waals surface area contributed by atoms with Gasteiger partial charge >= 0.3 is 6.18 Å². The number of nitro benzene ring substituents is 1. The van der Waals surface area contributed by atoms with Crippen molar-refractivity contribution in [1.29, 1.82) is 0 Å². The first-order valence-electron chi connectivity index (χ1n) is 8.97. The van der Waals surface area contributed by atoms with E-state index in [9.17, 15) is 32.5 Å². The number of hydrogen-bond donors (Lipinski definition) is 1. The third kappa shape index (κ3) is 4.67. The molecule has 1 amide bonds. The van der Waals surface area contributed by atoms with E-state index in [-0.39, 0.29) is 18.7 Å². The fourth-order valence-electron chi connectivity index (χ4n) is 3.27. The van der Waals surface area contributed by atoms with E-state index in [0.717, 1.165) is 18.2 Å². The average molecular weight is 426 g/mol. The van der Waals surface area contributed by atoms with Gasteiger partial charge in [0.15, 0.2) is 0 Å². The summed E-state index contributed by atoms with van der Waals surface area (Å²) in [5.41, 5.74) is 4.35. The van der Waals surface area contributed by atoms with Crippen LogP contribution in [0.2, 0.25) is 0 Å². The summed E-state index contributed by atoms with van der Waals surface area (Å²) >= 11 is 0. The molecule has 0 unspecified atom stereocenters. The zero-order valence-electron chi connectivity index (χ0n) is 15.7. The summed E-state index contributed by atoms with van der Waals surface area (Å²) in [5, 5.41) is 11.0. The number of benzene rings is 2. The SMILES string of the molecule is Nc1c(C(=O)N2CCN(Cc3ccc(C(F)(F)F)cc3)CC2)cc(F)cc1[N+](=O)[O-]. The van der Waals surface area contributed by atoms with Crippen LogP contribution >= 0.6 is 0 Å². The first kappa shape index (κ1) is 21.5. The van der Waals surface area contributed by atoms with E-state index in [0.29, 0.717) is 31.3 Å². The quantitative estimate of drug-likeness (QED) is 0.351. The van der Waals surface area contributed by atoms with Crippen molar-refractivity contribution in [3.05, 3.63) is 69.0 Å². The van der Waals surface area contributed by atoms with Gasteiger partial charge in [0.2, 0.25) is 0 Å². The molecule has 0 aromatic heterocycles. The maximum Gasteiger partial charge on any atom is 0.416 e. The molecule has 11 heteroatoms. The van der Waals surface area contributed by atoms with E-state index in [2.05, 4.69) is 0 Å². The van der Waals surface area contributed by atoms with Crippen molar-refractivity contribution in [2.75, 3.05) is 31.9 Å². The summed E-state index contributed by atoms with van der Waals surface area (Å²) in [6.45, 7) is 1.81. The maximum absolute atomic E-state index is 13.7. The number of nitro groups is 1. The molecule has 0 spiro atoms. The highest BCUT2D eigenvalue weighted by Crippen LogP contribution is 2.30. The van der Waals surface area contributed by atoms with Crippen LogP contribution in [0.15, 0.2) is 36.4 Å². The first-order chi connectivity index (χ1) is 14.1. The molecule has 0 radical (unpaired) electrons. The zero-order chi connectivity index (χ0) is 22.1. The Morgan fingerprint density at radius 2 is 1.70 bits per heavy atom. The van der Waals surface area contributed by atoms with Gasteiger partial charge in [-0.15, -0.1) is 0 Å². The van der Waals surface area contributed by atoms with Gasteiger partial charge in [0.25, 0.3) is 11.6 Å². The van der Waals surface area contributed by atoms with Crippen molar-refractivity contribution < 1.29 is 27.3 Å². The second-order valence-corrected chi connectivity index (χ2v) is 6.91. The number of piperazine rings is 1. The summed E-state index contributed by atoms with van der Waals surface area (Å²) < 4.78 is 51.6. The Bertz CT molecular complexity index is 955. The number of nitrogen functional groups attached to an aromatic ring is 1. The number of amides is 1. The lowest BCUT2D eigenvalue weighted by molar-refractivity contribution is -0.384. The number of halogens is 4. The molecule has 7 nitrogen and oxygen atoms in total. The van der Waals surface area contributed by atoms with Gasteiger partial charge in [-0.2, -0.15) is 13.2 Å². The molecular weight excluding hydrogens is 408 g/mol. The molecule has 3 rings (SSSR count). The average Bonchev–Trinajstić information content (AvgIpc) is 2.69. The first-order valence-corrected chi connectivity index (χ1v) is 8.97. The molecule has 0 saturated carbocycles. The van der Waals surface area contributed by atoms with Gasteiger partial charge in [0.05, 0.1) is 22.1 Å². The summed E-state index contributed by atoms with van der Waals surface area (Å²) in [6, 6.07) is 6.40. The Morgan fingerprint density at radius 1 is 1.10 bits per heavy atom.